The summed E-state index contributed by atoms with van der Waals surface area (Å²) < 4.78 is 5.01. The van der Waals surface area contributed by atoms with Gasteiger partial charge in [0.25, 0.3) is 0 Å². The Balaban J connectivity index is 1.83. The molecule has 0 unspecified atom stereocenters. The van der Waals surface area contributed by atoms with Crippen LogP contribution in [0.5, 0.6) is 0 Å². The number of amides is 1. The molecule has 0 saturated carbocycles. The first-order chi connectivity index (χ1) is 10.7. The highest BCUT2D eigenvalue weighted by Gasteiger charge is 2.23. The van der Waals surface area contributed by atoms with Crippen molar-refractivity contribution in [2.75, 3.05) is 36.9 Å². The minimum Gasteiger partial charge on any atom is -0.450 e. The third-order valence-corrected chi connectivity index (χ3v) is 3.44. The predicted octanol–water partition coefficient (Wildman–Crippen LogP) is 2.11. The first kappa shape index (κ1) is 16.1. The second-order valence-electron chi connectivity index (χ2n) is 5.04. The van der Waals surface area contributed by atoms with Crippen molar-refractivity contribution in [1.82, 2.24) is 14.9 Å². The number of nitrogens with zero attached hydrogens (tertiary/aromatic N) is 3. The number of carbonyl (C=O) groups is 1. The molecule has 0 spiro atoms. The zero-order valence-corrected chi connectivity index (χ0v) is 12.9. The van der Waals surface area contributed by atoms with Gasteiger partial charge in [-0.1, -0.05) is 6.08 Å². The Morgan fingerprint density at radius 3 is 3.00 bits per heavy atom. The molecular weight excluding hydrogens is 282 g/mol. The van der Waals surface area contributed by atoms with E-state index in [2.05, 4.69) is 27.2 Å². The second-order valence-corrected chi connectivity index (χ2v) is 5.04. The number of carbonyl (C=O) groups excluding carboxylic acids is 1. The summed E-state index contributed by atoms with van der Waals surface area (Å²) in [6, 6.07) is 2.08. The summed E-state index contributed by atoms with van der Waals surface area (Å²) >= 11 is 0. The Labute approximate surface area is 130 Å². The van der Waals surface area contributed by atoms with Crippen LogP contribution in [0.1, 0.15) is 19.8 Å². The molecule has 1 aliphatic heterocycles. The lowest BCUT2D eigenvalue weighted by Crippen LogP contribution is -2.42. The van der Waals surface area contributed by atoms with Crippen molar-refractivity contribution in [3.8, 4) is 0 Å². The van der Waals surface area contributed by atoms with Gasteiger partial charge in [0.2, 0.25) is 5.95 Å². The molecule has 1 aliphatic rings. The zero-order chi connectivity index (χ0) is 15.8. The molecule has 1 aromatic rings. The minimum absolute atomic E-state index is 0.229. The van der Waals surface area contributed by atoms with Crippen LogP contribution in [-0.2, 0) is 4.74 Å². The van der Waals surface area contributed by atoms with Gasteiger partial charge < -0.3 is 20.3 Å². The van der Waals surface area contributed by atoms with Crippen LogP contribution < -0.4 is 10.6 Å². The fourth-order valence-electron chi connectivity index (χ4n) is 2.31. The number of ether oxygens (including phenoxy) is 1. The summed E-state index contributed by atoms with van der Waals surface area (Å²) in [7, 11) is 0. The number of rotatable bonds is 6. The van der Waals surface area contributed by atoms with Crippen LogP contribution in [0.4, 0.5) is 16.6 Å². The summed E-state index contributed by atoms with van der Waals surface area (Å²) in [4.78, 5) is 22.0. The van der Waals surface area contributed by atoms with Crippen LogP contribution in [0.2, 0.25) is 0 Å². The van der Waals surface area contributed by atoms with Crippen molar-refractivity contribution in [3.05, 3.63) is 24.9 Å². The van der Waals surface area contributed by atoms with E-state index in [1.54, 1.807) is 17.2 Å². The van der Waals surface area contributed by atoms with Gasteiger partial charge in [0.1, 0.15) is 5.82 Å². The van der Waals surface area contributed by atoms with E-state index in [1.165, 1.54) is 0 Å². The van der Waals surface area contributed by atoms with Crippen molar-refractivity contribution >= 4 is 17.9 Å². The average Bonchev–Trinajstić information content (AvgIpc) is 2.54. The third kappa shape index (κ3) is 4.61. The highest BCUT2D eigenvalue weighted by molar-refractivity contribution is 5.67. The molecule has 2 rings (SSSR count). The van der Waals surface area contributed by atoms with E-state index in [0.717, 1.165) is 18.7 Å². The Morgan fingerprint density at radius 2 is 2.32 bits per heavy atom. The molecule has 0 aliphatic carbocycles. The molecule has 7 nitrogen and oxygen atoms in total. The van der Waals surface area contributed by atoms with E-state index in [9.17, 15) is 4.79 Å². The molecule has 1 fully saturated rings. The van der Waals surface area contributed by atoms with Crippen LogP contribution in [0, 0.1) is 0 Å². The maximum absolute atomic E-state index is 11.7. The Morgan fingerprint density at radius 1 is 1.55 bits per heavy atom. The van der Waals surface area contributed by atoms with Crippen molar-refractivity contribution in [1.29, 1.82) is 0 Å². The number of aromatic nitrogens is 2. The molecular formula is C15H23N5O2. The summed E-state index contributed by atoms with van der Waals surface area (Å²) in [5.41, 5.74) is 0. The van der Waals surface area contributed by atoms with E-state index in [0.29, 0.717) is 32.2 Å². The second kappa shape index (κ2) is 8.21. The number of anilines is 2. The molecule has 0 aromatic carbocycles. The minimum atomic E-state index is -0.229. The molecule has 1 aromatic heterocycles. The molecule has 0 radical (unpaired) electrons. The Hall–Kier alpha value is -2.31. The highest BCUT2D eigenvalue weighted by Crippen LogP contribution is 2.15. The fourth-order valence-corrected chi connectivity index (χ4v) is 2.31. The highest BCUT2D eigenvalue weighted by atomic mass is 16.6. The Bertz CT molecular complexity index is 500. The van der Waals surface area contributed by atoms with E-state index >= 15 is 0 Å². The molecule has 1 amide bonds. The number of piperidine rings is 1. The fraction of sp³-hybridized carbons (Fsp3) is 0.533. The quantitative estimate of drug-likeness (QED) is 0.784. The third-order valence-electron chi connectivity index (χ3n) is 3.44. The van der Waals surface area contributed by atoms with Gasteiger partial charge in [0.05, 0.1) is 6.61 Å². The van der Waals surface area contributed by atoms with Gasteiger partial charge in [0.15, 0.2) is 0 Å². The summed E-state index contributed by atoms with van der Waals surface area (Å²) in [6.07, 6.45) is 4.97. The van der Waals surface area contributed by atoms with Crippen LogP contribution in [-0.4, -0.2) is 53.2 Å². The van der Waals surface area contributed by atoms with Crippen molar-refractivity contribution in [3.63, 3.8) is 0 Å². The zero-order valence-electron chi connectivity index (χ0n) is 12.9. The lowest BCUT2D eigenvalue weighted by Gasteiger charge is -2.31. The van der Waals surface area contributed by atoms with Gasteiger partial charge in [-0.05, 0) is 25.8 Å². The van der Waals surface area contributed by atoms with Crippen LogP contribution in [0.3, 0.4) is 0 Å². The first-order valence-electron chi connectivity index (χ1n) is 7.59. The van der Waals surface area contributed by atoms with Gasteiger partial charge in [-0.3, -0.25) is 0 Å². The van der Waals surface area contributed by atoms with Crippen molar-refractivity contribution < 1.29 is 9.53 Å². The molecule has 120 valence electrons. The topological polar surface area (TPSA) is 79.4 Å². The van der Waals surface area contributed by atoms with E-state index in [-0.39, 0.29) is 12.1 Å². The molecule has 2 N–H and O–H groups in total. The lowest BCUT2D eigenvalue weighted by molar-refractivity contribution is 0.0983. The van der Waals surface area contributed by atoms with E-state index in [1.807, 2.05) is 13.0 Å². The van der Waals surface area contributed by atoms with Gasteiger partial charge in [-0.2, -0.15) is 4.98 Å². The van der Waals surface area contributed by atoms with Gasteiger partial charge in [-0.25, -0.2) is 9.78 Å². The average molecular weight is 305 g/mol. The number of hydrogen-bond donors (Lipinski definition) is 2. The largest absolute Gasteiger partial charge is 0.450 e. The number of likely N-dealkylation sites (tertiary alicyclic amines) is 1. The maximum atomic E-state index is 11.7. The van der Waals surface area contributed by atoms with Gasteiger partial charge >= 0.3 is 6.09 Å². The molecule has 7 heteroatoms. The number of nitrogens with one attached hydrogen (secondary N) is 2. The summed E-state index contributed by atoms with van der Waals surface area (Å²) in [5.74, 6) is 1.37. The monoisotopic (exact) mass is 305 g/mol. The van der Waals surface area contributed by atoms with E-state index < -0.39 is 0 Å². The normalized spacial score (nSPS) is 15.2. The van der Waals surface area contributed by atoms with Crippen LogP contribution in [0.25, 0.3) is 0 Å². The summed E-state index contributed by atoms with van der Waals surface area (Å²) in [6.45, 7) is 7.92. The lowest BCUT2D eigenvalue weighted by atomic mass is 10.1. The molecule has 1 saturated heterocycles. The first-order valence-corrected chi connectivity index (χ1v) is 7.59. The smallest absolute Gasteiger partial charge is 0.409 e. The van der Waals surface area contributed by atoms with Crippen molar-refractivity contribution in [2.45, 2.75) is 25.8 Å². The number of hydrogen-bond acceptors (Lipinski definition) is 6. The van der Waals surface area contributed by atoms with E-state index in [4.69, 9.17) is 4.74 Å². The predicted molar refractivity (Wildman–Crippen MR) is 86.0 cm³/mol. The summed E-state index contributed by atoms with van der Waals surface area (Å²) in [5, 5.41) is 6.45. The van der Waals surface area contributed by atoms with Gasteiger partial charge in [-0.15, -0.1) is 6.58 Å². The maximum Gasteiger partial charge on any atom is 0.409 e. The van der Waals surface area contributed by atoms with Gasteiger partial charge in [0, 0.05) is 31.9 Å². The molecule has 2 heterocycles. The van der Waals surface area contributed by atoms with Crippen molar-refractivity contribution in [2.24, 2.45) is 0 Å². The van der Waals surface area contributed by atoms with Crippen LogP contribution in [0.15, 0.2) is 24.9 Å². The van der Waals surface area contributed by atoms with Crippen LogP contribution >= 0.6 is 0 Å². The molecule has 0 bridgehead atoms. The molecule has 22 heavy (non-hydrogen) atoms. The standard InChI is InChI=1S/C15H23N5O2/c1-3-8-16-13-5-9-17-14(19-13)18-12-6-10-20(11-7-12)15(21)22-4-2/h3,5,9,12H,1,4,6-8,10-11H2,2H3,(H2,16,17,18,19). The Kier molecular flexibility index (Phi) is 6.00. The molecule has 0 atom stereocenters. The SMILES string of the molecule is C=CCNc1ccnc(NC2CCN(C(=O)OCC)CC2)n1.